The van der Waals surface area contributed by atoms with Gasteiger partial charge in [-0.25, -0.2) is 4.98 Å². The van der Waals surface area contributed by atoms with E-state index in [-0.39, 0.29) is 11.3 Å². The van der Waals surface area contributed by atoms with Crippen LogP contribution in [0.1, 0.15) is 56.9 Å². The first-order valence-corrected chi connectivity index (χ1v) is 10.4. The van der Waals surface area contributed by atoms with Crippen LogP contribution in [-0.2, 0) is 11.0 Å². The average molecular weight is 411 g/mol. The van der Waals surface area contributed by atoms with E-state index in [2.05, 4.69) is 15.6 Å². The summed E-state index contributed by atoms with van der Waals surface area (Å²) in [5, 5.41) is 16.7. The highest BCUT2D eigenvalue weighted by Crippen LogP contribution is 2.62. The molecule has 0 aliphatic heterocycles. The molecule has 4 aliphatic carbocycles. The third-order valence-electron chi connectivity index (χ3n) is 6.76. The summed E-state index contributed by atoms with van der Waals surface area (Å²) in [7, 11) is 0. The van der Waals surface area contributed by atoms with Gasteiger partial charge < -0.3 is 15.7 Å². The van der Waals surface area contributed by atoms with Gasteiger partial charge in [0.1, 0.15) is 5.82 Å². The van der Waals surface area contributed by atoms with Crippen molar-refractivity contribution in [3.63, 3.8) is 0 Å². The number of aliphatic hydroxyl groups is 1. The van der Waals surface area contributed by atoms with Crippen LogP contribution < -0.4 is 10.6 Å². The summed E-state index contributed by atoms with van der Waals surface area (Å²) in [6.07, 6.45) is 3.42. The molecule has 1 aromatic heterocycles. The van der Waals surface area contributed by atoms with E-state index in [9.17, 15) is 23.1 Å². The molecule has 1 heterocycles. The third kappa shape index (κ3) is 4.68. The van der Waals surface area contributed by atoms with Gasteiger partial charge in [-0.2, -0.15) is 13.2 Å². The molecule has 0 spiro atoms. The van der Waals surface area contributed by atoms with E-state index in [0.717, 1.165) is 44.4 Å². The van der Waals surface area contributed by atoms with Crippen LogP contribution in [0, 0.1) is 17.3 Å². The van der Waals surface area contributed by atoms with Gasteiger partial charge in [-0.15, -0.1) is 0 Å². The fourth-order valence-corrected chi connectivity index (χ4v) is 6.21. The minimum atomic E-state index is -4.39. The Morgan fingerprint density at radius 2 is 1.90 bits per heavy atom. The van der Waals surface area contributed by atoms with Crippen molar-refractivity contribution < 1.29 is 23.1 Å². The molecule has 4 aliphatic rings. The molecule has 4 fully saturated rings. The zero-order valence-corrected chi connectivity index (χ0v) is 16.4. The summed E-state index contributed by atoms with van der Waals surface area (Å²) in [4.78, 5) is 16.2. The van der Waals surface area contributed by atoms with Gasteiger partial charge in [0.25, 0.3) is 0 Å². The number of halogens is 3. The Balaban J connectivity index is 1.17. The number of amides is 1. The third-order valence-corrected chi connectivity index (χ3v) is 6.76. The van der Waals surface area contributed by atoms with E-state index < -0.39 is 17.3 Å². The van der Waals surface area contributed by atoms with Gasteiger partial charge in [0.2, 0.25) is 5.91 Å². The van der Waals surface area contributed by atoms with Crippen LogP contribution >= 0.6 is 0 Å². The maximum absolute atomic E-state index is 12.5. The second-order valence-electron chi connectivity index (χ2n) is 9.42. The summed E-state index contributed by atoms with van der Waals surface area (Å²) in [6.45, 7) is 1.01. The number of carbonyl (C=O) groups is 1. The van der Waals surface area contributed by atoms with Crippen LogP contribution in [0.15, 0.2) is 18.3 Å². The molecule has 0 saturated heterocycles. The molecule has 0 aromatic carbocycles. The van der Waals surface area contributed by atoms with Crippen LogP contribution in [0.2, 0.25) is 0 Å². The Morgan fingerprint density at radius 1 is 1.17 bits per heavy atom. The van der Waals surface area contributed by atoms with Crippen molar-refractivity contribution in [3.05, 3.63) is 23.9 Å². The number of aromatic nitrogens is 1. The summed E-state index contributed by atoms with van der Waals surface area (Å²) in [6, 6.07) is 2.30. The lowest BCUT2D eigenvalue weighted by Gasteiger charge is -2.60. The normalized spacial score (nSPS) is 33.0. The number of rotatable bonds is 7. The zero-order chi connectivity index (χ0) is 20.7. The Bertz CT molecular complexity index is 737. The number of hydrogen-bond donors (Lipinski definition) is 3. The predicted molar refractivity (Wildman–Crippen MR) is 102 cm³/mol. The van der Waals surface area contributed by atoms with Crippen molar-refractivity contribution in [2.45, 2.75) is 63.1 Å². The Kier molecular flexibility index (Phi) is 5.25. The fraction of sp³-hybridized carbons (Fsp3) is 0.714. The van der Waals surface area contributed by atoms with Crippen molar-refractivity contribution in [1.29, 1.82) is 0 Å². The van der Waals surface area contributed by atoms with Gasteiger partial charge in [0.05, 0.1) is 11.2 Å². The first-order valence-electron chi connectivity index (χ1n) is 10.4. The number of nitrogens with zero attached hydrogens (tertiary/aromatic N) is 1. The Hall–Kier alpha value is -1.83. The second-order valence-corrected chi connectivity index (χ2v) is 9.42. The largest absolute Gasteiger partial charge is 0.417 e. The van der Waals surface area contributed by atoms with Gasteiger partial charge in [-0.3, -0.25) is 4.79 Å². The molecule has 29 heavy (non-hydrogen) atoms. The van der Waals surface area contributed by atoms with Crippen LogP contribution in [0.5, 0.6) is 0 Å². The molecule has 5 nitrogen and oxygen atoms in total. The maximum Gasteiger partial charge on any atom is 0.417 e. The van der Waals surface area contributed by atoms with Crippen molar-refractivity contribution in [2.75, 3.05) is 18.4 Å². The smallest absolute Gasteiger partial charge is 0.390 e. The first-order chi connectivity index (χ1) is 13.6. The number of alkyl halides is 3. The molecule has 1 amide bonds. The van der Waals surface area contributed by atoms with Gasteiger partial charge in [-0.1, -0.05) is 0 Å². The quantitative estimate of drug-likeness (QED) is 0.598. The van der Waals surface area contributed by atoms with Crippen molar-refractivity contribution >= 4 is 11.7 Å². The van der Waals surface area contributed by atoms with Gasteiger partial charge in [-0.05, 0) is 74.3 Å². The van der Waals surface area contributed by atoms with E-state index >= 15 is 0 Å². The molecule has 8 heteroatoms. The molecule has 2 atom stereocenters. The molecule has 0 radical (unpaired) electrons. The fourth-order valence-electron chi connectivity index (χ4n) is 6.21. The molecular weight excluding hydrogens is 383 g/mol. The summed E-state index contributed by atoms with van der Waals surface area (Å²) in [5.41, 5.74) is -1.36. The van der Waals surface area contributed by atoms with E-state index in [4.69, 9.17) is 0 Å². The molecule has 1 aromatic rings. The molecule has 0 unspecified atom stereocenters. The highest BCUT2D eigenvalue weighted by atomic mass is 19.4. The zero-order valence-electron chi connectivity index (χ0n) is 16.4. The average Bonchev–Trinajstić information content (AvgIpc) is 2.58. The van der Waals surface area contributed by atoms with E-state index in [1.807, 2.05) is 0 Å². The lowest BCUT2D eigenvalue weighted by molar-refractivity contribution is -0.169. The number of nitrogens with one attached hydrogen (secondary N) is 2. The molecule has 4 saturated carbocycles. The van der Waals surface area contributed by atoms with E-state index in [0.29, 0.717) is 43.6 Å². The van der Waals surface area contributed by atoms with Crippen LogP contribution in [0.3, 0.4) is 0 Å². The maximum atomic E-state index is 12.5. The first kappa shape index (κ1) is 20.4. The number of pyridine rings is 1. The van der Waals surface area contributed by atoms with Crippen molar-refractivity contribution in [3.8, 4) is 0 Å². The molecule has 3 N–H and O–H groups in total. The lowest BCUT2D eigenvalue weighted by atomic mass is 9.47. The van der Waals surface area contributed by atoms with E-state index in [1.165, 1.54) is 12.5 Å². The topological polar surface area (TPSA) is 74.2 Å². The molecule has 160 valence electrons. The van der Waals surface area contributed by atoms with E-state index in [1.54, 1.807) is 0 Å². The Morgan fingerprint density at radius 3 is 2.48 bits per heavy atom. The monoisotopic (exact) mass is 411 g/mol. The number of carbonyl (C=O) groups excluding carboxylic acids is 1. The predicted octanol–water partition coefficient (Wildman–Crippen LogP) is 3.74. The van der Waals surface area contributed by atoms with Gasteiger partial charge in [0.15, 0.2) is 0 Å². The standard InChI is InChI=1S/C21H28F3N3O2/c22-21(23,24)16-2-3-17(27-12-16)25-4-1-5-26-18(28)11-19-7-14-6-15(8-19)10-20(29,9-14)13-19/h2-3,12,14-15,29H,1,4-11,13H2,(H,25,27)(H,26,28)/t14-,15-,19?,20?/m1/s1. The minimum absolute atomic E-state index is 0.0307. The van der Waals surface area contributed by atoms with Crippen LogP contribution in [-0.4, -0.2) is 34.7 Å². The lowest BCUT2D eigenvalue weighted by Crippen LogP contribution is -2.56. The highest BCUT2D eigenvalue weighted by molar-refractivity contribution is 5.76. The SMILES string of the molecule is O=C(CC12C[C@H]3C[C@@H](CC(O)(C3)C1)C2)NCCCNc1ccc(C(F)(F)F)cn1. The van der Waals surface area contributed by atoms with Gasteiger partial charge >= 0.3 is 6.18 Å². The molecule has 5 rings (SSSR count). The molecule has 4 bridgehead atoms. The van der Waals surface area contributed by atoms with Crippen LogP contribution in [0.25, 0.3) is 0 Å². The van der Waals surface area contributed by atoms with Gasteiger partial charge in [0, 0.05) is 25.7 Å². The second kappa shape index (κ2) is 7.45. The van der Waals surface area contributed by atoms with Crippen LogP contribution in [0.4, 0.5) is 19.0 Å². The summed E-state index contributed by atoms with van der Waals surface area (Å²) < 4.78 is 37.6. The summed E-state index contributed by atoms with van der Waals surface area (Å²) in [5.74, 6) is 1.54. The number of hydrogen-bond acceptors (Lipinski definition) is 4. The number of anilines is 1. The summed E-state index contributed by atoms with van der Waals surface area (Å²) >= 11 is 0. The van der Waals surface area contributed by atoms with Crippen molar-refractivity contribution in [1.82, 2.24) is 10.3 Å². The Labute approximate surface area is 168 Å². The minimum Gasteiger partial charge on any atom is -0.390 e. The van der Waals surface area contributed by atoms with Crippen molar-refractivity contribution in [2.24, 2.45) is 17.3 Å². The highest BCUT2D eigenvalue weighted by Gasteiger charge is 2.57. The molecular formula is C21H28F3N3O2.